The van der Waals surface area contributed by atoms with Gasteiger partial charge in [0.15, 0.2) is 6.29 Å². The molecule has 0 bridgehead atoms. The van der Waals surface area contributed by atoms with E-state index in [-0.39, 0.29) is 6.10 Å². The second-order valence-electron chi connectivity index (χ2n) is 7.20. The van der Waals surface area contributed by atoms with E-state index in [1.807, 2.05) is 0 Å². The first-order chi connectivity index (χ1) is 10.3. The first kappa shape index (κ1) is 18.1. The van der Waals surface area contributed by atoms with Gasteiger partial charge in [0.25, 0.3) is 0 Å². The monoisotopic (exact) mass is 318 g/mol. The van der Waals surface area contributed by atoms with Crippen molar-refractivity contribution >= 4 is 0 Å². The van der Waals surface area contributed by atoms with Crippen molar-refractivity contribution < 1.29 is 29.9 Å². The van der Waals surface area contributed by atoms with Crippen LogP contribution in [-0.2, 0) is 9.47 Å². The van der Waals surface area contributed by atoms with Gasteiger partial charge in [0.2, 0.25) is 0 Å². The Morgan fingerprint density at radius 2 is 1.77 bits per heavy atom. The van der Waals surface area contributed by atoms with Crippen molar-refractivity contribution in [3.63, 3.8) is 0 Å². The van der Waals surface area contributed by atoms with Crippen molar-refractivity contribution in [1.82, 2.24) is 0 Å². The summed E-state index contributed by atoms with van der Waals surface area (Å²) in [5, 5.41) is 39.0. The molecule has 6 nitrogen and oxygen atoms in total. The first-order valence-corrected chi connectivity index (χ1v) is 8.31. The summed E-state index contributed by atoms with van der Waals surface area (Å²) in [5.41, 5.74) is 0. The Bertz CT molecular complexity index is 348. The highest BCUT2D eigenvalue weighted by Crippen LogP contribution is 2.37. The lowest BCUT2D eigenvalue weighted by atomic mass is 9.75. The van der Waals surface area contributed by atoms with Gasteiger partial charge in [-0.05, 0) is 30.6 Å². The number of aliphatic hydroxyl groups excluding tert-OH is 4. The Morgan fingerprint density at radius 1 is 1.09 bits per heavy atom. The third-order valence-electron chi connectivity index (χ3n) is 5.12. The third kappa shape index (κ3) is 3.80. The van der Waals surface area contributed by atoms with Gasteiger partial charge in [-0.15, -0.1) is 0 Å². The molecule has 1 unspecified atom stereocenters. The number of rotatable bonds is 4. The van der Waals surface area contributed by atoms with Crippen LogP contribution < -0.4 is 0 Å². The summed E-state index contributed by atoms with van der Waals surface area (Å²) in [5.74, 6) is 1.39. The highest BCUT2D eigenvalue weighted by Gasteiger charge is 2.46. The number of hydrogen-bond acceptors (Lipinski definition) is 6. The van der Waals surface area contributed by atoms with Crippen molar-refractivity contribution in [3.8, 4) is 0 Å². The van der Waals surface area contributed by atoms with Crippen molar-refractivity contribution in [3.05, 3.63) is 0 Å². The highest BCUT2D eigenvalue weighted by molar-refractivity contribution is 4.90. The van der Waals surface area contributed by atoms with Crippen LogP contribution in [0.1, 0.15) is 40.0 Å². The van der Waals surface area contributed by atoms with Gasteiger partial charge in [0.1, 0.15) is 24.4 Å². The van der Waals surface area contributed by atoms with Crippen LogP contribution in [0.2, 0.25) is 0 Å². The van der Waals surface area contributed by atoms with Gasteiger partial charge in [0.05, 0.1) is 12.7 Å². The Labute approximate surface area is 132 Å². The third-order valence-corrected chi connectivity index (χ3v) is 5.12. The fourth-order valence-corrected chi connectivity index (χ4v) is 3.62. The predicted molar refractivity (Wildman–Crippen MR) is 80.0 cm³/mol. The molecule has 0 aromatic heterocycles. The zero-order chi connectivity index (χ0) is 16.4. The minimum atomic E-state index is -1.38. The lowest BCUT2D eigenvalue weighted by molar-refractivity contribution is -0.318. The molecular formula is C16H30O6. The summed E-state index contributed by atoms with van der Waals surface area (Å²) in [6, 6.07) is 0. The molecule has 1 saturated heterocycles. The summed E-state index contributed by atoms with van der Waals surface area (Å²) in [6.07, 6.45) is -2.90. The quantitative estimate of drug-likeness (QED) is 0.593. The lowest BCUT2D eigenvalue weighted by Crippen LogP contribution is -2.60. The fourth-order valence-electron chi connectivity index (χ4n) is 3.62. The van der Waals surface area contributed by atoms with E-state index in [1.165, 1.54) is 0 Å². The molecule has 22 heavy (non-hydrogen) atoms. The van der Waals surface area contributed by atoms with Crippen molar-refractivity contribution in [2.75, 3.05) is 6.61 Å². The van der Waals surface area contributed by atoms with E-state index in [4.69, 9.17) is 9.47 Å². The van der Waals surface area contributed by atoms with Crippen LogP contribution in [0, 0.1) is 17.8 Å². The number of aliphatic hydroxyl groups is 4. The Balaban J connectivity index is 2.06. The SMILES string of the molecule is CC(C)[C@@H]1CC[C@@H](C)C[C@H]1OC1O[C@H](CO)[C@@H](O)[C@H](O)[C@H]1O. The average molecular weight is 318 g/mol. The van der Waals surface area contributed by atoms with E-state index in [1.54, 1.807) is 0 Å². The second-order valence-corrected chi connectivity index (χ2v) is 7.20. The summed E-state index contributed by atoms with van der Waals surface area (Å²) >= 11 is 0. The topological polar surface area (TPSA) is 99.4 Å². The molecule has 0 radical (unpaired) electrons. The number of ether oxygens (including phenoxy) is 2. The highest BCUT2D eigenvalue weighted by atomic mass is 16.7. The van der Waals surface area contributed by atoms with E-state index in [9.17, 15) is 20.4 Å². The maximum Gasteiger partial charge on any atom is 0.186 e. The zero-order valence-corrected chi connectivity index (χ0v) is 13.6. The van der Waals surface area contributed by atoms with E-state index < -0.39 is 37.3 Å². The van der Waals surface area contributed by atoms with Gasteiger partial charge in [0, 0.05) is 0 Å². The fraction of sp³-hybridized carbons (Fsp3) is 1.00. The molecule has 2 fully saturated rings. The van der Waals surface area contributed by atoms with Crippen LogP contribution in [0.5, 0.6) is 0 Å². The van der Waals surface area contributed by atoms with Gasteiger partial charge in [-0.25, -0.2) is 0 Å². The molecule has 0 spiro atoms. The van der Waals surface area contributed by atoms with Crippen LogP contribution in [0.4, 0.5) is 0 Å². The van der Waals surface area contributed by atoms with E-state index in [0.29, 0.717) is 17.8 Å². The lowest BCUT2D eigenvalue weighted by Gasteiger charge is -2.44. The largest absolute Gasteiger partial charge is 0.394 e. The zero-order valence-electron chi connectivity index (χ0n) is 13.6. The van der Waals surface area contributed by atoms with Crippen molar-refractivity contribution in [1.29, 1.82) is 0 Å². The molecule has 6 heteroatoms. The molecule has 4 N–H and O–H groups in total. The maximum absolute atomic E-state index is 10.1. The van der Waals surface area contributed by atoms with Crippen molar-refractivity contribution in [2.24, 2.45) is 17.8 Å². The van der Waals surface area contributed by atoms with E-state index in [0.717, 1.165) is 19.3 Å². The molecule has 0 amide bonds. The van der Waals surface area contributed by atoms with Gasteiger partial charge in [-0.1, -0.05) is 27.2 Å². The van der Waals surface area contributed by atoms with Crippen LogP contribution in [0.15, 0.2) is 0 Å². The smallest absolute Gasteiger partial charge is 0.186 e. The molecule has 130 valence electrons. The molecule has 2 rings (SSSR count). The summed E-state index contributed by atoms with van der Waals surface area (Å²) in [4.78, 5) is 0. The molecule has 1 heterocycles. The Hall–Kier alpha value is -0.240. The Kier molecular flexibility index (Phi) is 6.22. The molecule has 0 aromatic carbocycles. The first-order valence-electron chi connectivity index (χ1n) is 8.31. The predicted octanol–water partition coefficient (Wildman–Crippen LogP) is 0.264. The second kappa shape index (κ2) is 7.55. The molecule has 0 aromatic rings. The van der Waals surface area contributed by atoms with Crippen molar-refractivity contribution in [2.45, 2.75) is 76.8 Å². The molecule has 2 aliphatic rings. The van der Waals surface area contributed by atoms with Crippen LogP contribution in [0.25, 0.3) is 0 Å². The molecular weight excluding hydrogens is 288 g/mol. The maximum atomic E-state index is 10.1. The standard InChI is InChI=1S/C16H30O6/c1-8(2)10-5-4-9(3)6-11(10)21-16-15(20)14(19)13(18)12(7-17)22-16/h8-20H,4-7H2,1-3H3/t9-,10+,11-,12-,13-,14+,15-,16?/m1/s1. The van der Waals surface area contributed by atoms with Gasteiger partial charge < -0.3 is 29.9 Å². The van der Waals surface area contributed by atoms with E-state index >= 15 is 0 Å². The summed E-state index contributed by atoms with van der Waals surface area (Å²) in [7, 11) is 0. The van der Waals surface area contributed by atoms with Crippen LogP contribution in [-0.4, -0.2) is 63.8 Å². The molecule has 8 atom stereocenters. The average Bonchev–Trinajstić information content (AvgIpc) is 2.47. The molecule has 1 saturated carbocycles. The van der Waals surface area contributed by atoms with Gasteiger partial charge in [-0.2, -0.15) is 0 Å². The molecule has 1 aliphatic carbocycles. The van der Waals surface area contributed by atoms with E-state index in [2.05, 4.69) is 20.8 Å². The summed E-state index contributed by atoms with van der Waals surface area (Å²) < 4.78 is 11.4. The number of hydrogen-bond donors (Lipinski definition) is 4. The summed E-state index contributed by atoms with van der Waals surface area (Å²) in [6.45, 7) is 6.06. The van der Waals surface area contributed by atoms with Crippen LogP contribution >= 0.6 is 0 Å². The van der Waals surface area contributed by atoms with Crippen LogP contribution in [0.3, 0.4) is 0 Å². The Morgan fingerprint density at radius 3 is 2.36 bits per heavy atom. The minimum Gasteiger partial charge on any atom is -0.394 e. The molecule has 1 aliphatic heterocycles. The minimum absolute atomic E-state index is 0.0508. The van der Waals surface area contributed by atoms with Gasteiger partial charge >= 0.3 is 0 Å². The normalized spacial score (nSPS) is 46.9. The van der Waals surface area contributed by atoms with Gasteiger partial charge in [-0.3, -0.25) is 0 Å².